The second kappa shape index (κ2) is 8.08. The van der Waals surface area contributed by atoms with Gasteiger partial charge in [-0.2, -0.15) is 0 Å². The number of nitrogens with one attached hydrogen (secondary N) is 1. The third kappa shape index (κ3) is 6.38. The van der Waals surface area contributed by atoms with Crippen LogP contribution in [0.1, 0.15) is 12.5 Å². The molecule has 0 amide bonds. The van der Waals surface area contributed by atoms with Crippen molar-refractivity contribution in [2.24, 2.45) is 0 Å². The lowest BCUT2D eigenvalue weighted by molar-refractivity contribution is 0.158. The summed E-state index contributed by atoms with van der Waals surface area (Å²) in [7, 11) is 0. The topological polar surface area (TPSA) is 21.3 Å². The van der Waals surface area contributed by atoms with Gasteiger partial charge in [0.05, 0.1) is 13.2 Å². The van der Waals surface area contributed by atoms with Gasteiger partial charge in [-0.3, -0.25) is 0 Å². The van der Waals surface area contributed by atoms with Gasteiger partial charge in [0, 0.05) is 6.54 Å². The average Bonchev–Trinajstić information content (AvgIpc) is 2.29. The van der Waals surface area contributed by atoms with E-state index in [-0.39, 0.29) is 0 Å². The molecule has 88 valence electrons. The predicted octanol–water partition coefficient (Wildman–Crippen LogP) is 2.41. The van der Waals surface area contributed by atoms with Crippen molar-refractivity contribution in [2.75, 3.05) is 26.3 Å². The summed E-state index contributed by atoms with van der Waals surface area (Å²) in [4.78, 5) is 0. The number of hydrogen-bond donors (Lipinski definition) is 1. The smallest absolute Gasteiger partial charge is 0.0672 e. The van der Waals surface area contributed by atoms with E-state index >= 15 is 0 Å². The van der Waals surface area contributed by atoms with Gasteiger partial charge in [-0.05, 0) is 25.5 Å². The van der Waals surface area contributed by atoms with Gasteiger partial charge in [-0.1, -0.05) is 42.5 Å². The SMILES string of the molecule is C=C(C)COCCNCCc1ccccc1. The van der Waals surface area contributed by atoms with Crippen LogP contribution in [0.3, 0.4) is 0 Å². The first-order chi connectivity index (χ1) is 7.79. The van der Waals surface area contributed by atoms with E-state index in [4.69, 9.17) is 4.74 Å². The van der Waals surface area contributed by atoms with E-state index in [9.17, 15) is 0 Å². The Kier molecular flexibility index (Phi) is 6.54. The quantitative estimate of drug-likeness (QED) is 0.535. The van der Waals surface area contributed by atoms with Crippen molar-refractivity contribution in [1.82, 2.24) is 5.32 Å². The Balaban J connectivity index is 1.94. The molecule has 0 unspecified atom stereocenters. The summed E-state index contributed by atoms with van der Waals surface area (Å²) in [6.07, 6.45) is 1.07. The molecule has 0 aliphatic carbocycles. The van der Waals surface area contributed by atoms with Crippen LogP contribution in [-0.4, -0.2) is 26.3 Å². The first kappa shape index (κ1) is 12.9. The molecule has 0 radical (unpaired) electrons. The Bertz CT molecular complexity index is 295. The fraction of sp³-hybridized carbons (Fsp3) is 0.429. The zero-order chi connectivity index (χ0) is 11.6. The van der Waals surface area contributed by atoms with Crippen molar-refractivity contribution in [1.29, 1.82) is 0 Å². The Morgan fingerprint density at radius 1 is 1.25 bits per heavy atom. The van der Waals surface area contributed by atoms with Crippen molar-refractivity contribution >= 4 is 0 Å². The second-order valence-electron chi connectivity index (χ2n) is 4.00. The van der Waals surface area contributed by atoms with Gasteiger partial charge in [0.25, 0.3) is 0 Å². The van der Waals surface area contributed by atoms with Crippen LogP contribution in [0.15, 0.2) is 42.5 Å². The van der Waals surface area contributed by atoms with Crippen molar-refractivity contribution in [3.8, 4) is 0 Å². The number of rotatable bonds is 8. The summed E-state index contributed by atoms with van der Waals surface area (Å²) in [6, 6.07) is 10.5. The molecule has 0 saturated heterocycles. The molecular weight excluding hydrogens is 198 g/mol. The van der Waals surface area contributed by atoms with Gasteiger partial charge in [-0.15, -0.1) is 0 Å². The maximum absolute atomic E-state index is 5.39. The number of ether oxygens (including phenoxy) is 1. The Morgan fingerprint density at radius 3 is 2.69 bits per heavy atom. The maximum Gasteiger partial charge on any atom is 0.0672 e. The molecule has 1 aromatic carbocycles. The molecule has 0 aliphatic rings. The number of hydrogen-bond acceptors (Lipinski definition) is 2. The molecule has 2 nitrogen and oxygen atoms in total. The second-order valence-corrected chi connectivity index (χ2v) is 4.00. The average molecular weight is 219 g/mol. The van der Waals surface area contributed by atoms with Crippen molar-refractivity contribution < 1.29 is 4.74 Å². The van der Waals surface area contributed by atoms with Crippen LogP contribution in [0, 0.1) is 0 Å². The highest BCUT2D eigenvalue weighted by Gasteiger charge is 1.92. The molecular formula is C14H21NO. The largest absolute Gasteiger partial charge is 0.376 e. The summed E-state index contributed by atoms with van der Waals surface area (Å²) in [6.45, 7) is 9.08. The highest BCUT2D eigenvalue weighted by atomic mass is 16.5. The van der Waals surface area contributed by atoms with Crippen LogP contribution in [0.25, 0.3) is 0 Å². The zero-order valence-corrected chi connectivity index (χ0v) is 10.0. The summed E-state index contributed by atoms with van der Waals surface area (Å²) >= 11 is 0. The Hall–Kier alpha value is -1.12. The molecule has 1 N–H and O–H groups in total. The molecule has 0 spiro atoms. The fourth-order valence-electron chi connectivity index (χ4n) is 1.39. The zero-order valence-electron chi connectivity index (χ0n) is 10.0. The van der Waals surface area contributed by atoms with Crippen LogP contribution in [0.5, 0.6) is 0 Å². The molecule has 0 saturated carbocycles. The molecule has 16 heavy (non-hydrogen) atoms. The maximum atomic E-state index is 5.39. The summed E-state index contributed by atoms with van der Waals surface area (Å²) in [5.74, 6) is 0. The van der Waals surface area contributed by atoms with Crippen LogP contribution in [0.2, 0.25) is 0 Å². The van der Waals surface area contributed by atoms with Crippen molar-refractivity contribution in [3.63, 3.8) is 0 Å². The number of benzene rings is 1. The Labute approximate surface area is 98.3 Å². The molecule has 0 heterocycles. The standard InChI is InChI=1S/C14H21NO/c1-13(2)12-16-11-10-15-9-8-14-6-4-3-5-7-14/h3-7,15H,1,8-12H2,2H3. The summed E-state index contributed by atoms with van der Waals surface area (Å²) < 4.78 is 5.39. The monoisotopic (exact) mass is 219 g/mol. The van der Waals surface area contributed by atoms with Gasteiger partial charge in [0.1, 0.15) is 0 Å². The molecule has 0 bridgehead atoms. The van der Waals surface area contributed by atoms with Crippen LogP contribution in [0.4, 0.5) is 0 Å². The summed E-state index contributed by atoms with van der Waals surface area (Å²) in [5.41, 5.74) is 2.45. The minimum Gasteiger partial charge on any atom is -0.376 e. The molecule has 0 atom stereocenters. The van der Waals surface area contributed by atoms with E-state index in [1.54, 1.807) is 0 Å². The van der Waals surface area contributed by atoms with Gasteiger partial charge < -0.3 is 10.1 Å². The van der Waals surface area contributed by atoms with Gasteiger partial charge in [-0.25, -0.2) is 0 Å². The lowest BCUT2D eigenvalue weighted by Crippen LogP contribution is -2.22. The summed E-state index contributed by atoms with van der Waals surface area (Å²) in [5, 5.41) is 3.35. The predicted molar refractivity (Wildman–Crippen MR) is 68.6 cm³/mol. The Morgan fingerprint density at radius 2 is 2.00 bits per heavy atom. The van der Waals surface area contributed by atoms with E-state index in [1.807, 2.05) is 13.0 Å². The molecule has 0 fully saturated rings. The van der Waals surface area contributed by atoms with Crippen LogP contribution in [-0.2, 0) is 11.2 Å². The highest BCUT2D eigenvalue weighted by molar-refractivity contribution is 5.14. The van der Waals surface area contributed by atoms with E-state index < -0.39 is 0 Å². The first-order valence-electron chi connectivity index (χ1n) is 5.76. The molecule has 2 heteroatoms. The molecule has 0 aliphatic heterocycles. The van der Waals surface area contributed by atoms with E-state index in [0.29, 0.717) is 6.61 Å². The lowest BCUT2D eigenvalue weighted by atomic mass is 10.1. The lowest BCUT2D eigenvalue weighted by Gasteiger charge is -2.06. The molecule has 1 rings (SSSR count). The van der Waals surface area contributed by atoms with Gasteiger partial charge in [0.15, 0.2) is 0 Å². The third-order valence-corrected chi connectivity index (χ3v) is 2.20. The third-order valence-electron chi connectivity index (χ3n) is 2.20. The molecule has 1 aromatic rings. The highest BCUT2D eigenvalue weighted by Crippen LogP contribution is 1.97. The van der Waals surface area contributed by atoms with Crippen LogP contribution < -0.4 is 5.32 Å². The molecule has 0 aromatic heterocycles. The first-order valence-corrected chi connectivity index (χ1v) is 5.76. The van der Waals surface area contributed by atoms with E-state index in [2.05, 4.69) is 36.2 Å². The van der Waals surface area contributed by atoms with Crippen molar-refractivity contribution in [3.05, 3.63) is 48.0 Å². The minimum atomic E-state index is 0.667. The van der Waals surface area contributed by atoms with Crippen molar-refractivity contribution in [2.45, 2.75) is 13.3 Å². The van der Waals surface area contributed by atoms with E-state index in [0.717, 1.165) is 31.7 Å². The van der Waals surface area contributed by atoms with Crippen LogP contribution >= 0.6 is 0 Å². The van der Waals surface area contributed by atoms with E-state index in [1.165, 1.54) is 5.56 Å². The normalized spacial score (nSPS) is 10.3. The fourth-order valence-corrected chi connectivity index (χ4v) is 1.39. The van der Waals surface area contributed by atoms with Gasteiger partial charge in [0.2, 0.25) is 0 Å². The van der Waals surface area contributed by atoms with Gasteiger partial charge >= 0.3 is 0 Å². The minimum absolute atomic E-state index is 0.667.